The van der Waals surface area contributed by atoms with Crippen LogP contribution in [0.3, 0.4) is 0 Å². The first-order valence-electron chi connectivity index (χ1n) is 6.70. The largest absolute Gasteiger partial charge is 0.497 e. The molecule has 3 rings (SSSR count). The molecule has 0 unspecified atom stereocenters. The number of benzene rings is 2. The Morgan fingerprint density at radius 2 is 1.90 bits per heavy atom. The molecule has 0 saturated carbocycles. The molecule has 0 aliphatic carbocycles. The van der Waals surface area contributed by atoms with Crippen molar-refractivity contribution in [1.29, 1.82) is 0 Å². The number of carbonyl (C=O) groups excluding carboxylic acids is 1. The van der Waals surface area contributed by atoms with Gasteiger partial charge in [0.25, 0.3) is 5.91 Å². The number of aryl methyl sites for hydroxylation is 1. The summed E-state index contributed by atoms with van der Waals surface area (Å²) in [7, 11) is 1.62. The summed E-state index contributed by atoms with van der Waals surface area (Å²) in [6.07, 6.45) is 1.72. The molecule has 2 N–H and O–H groups in total. The first kappa shape index (κ1) is 13.2. The van der Waals surface area contributed by atoms with E-state index in [0.717, 1.165) is 27.9 Å². The van der Waals surface area contributed by atoms with Gasteiger partial charge in [-0.1, -0.05) is 17.7 Å². The van der Waals surface area contributed by atoms with Gasteiger partial charge in [-0.15, -0.1) is 0 Å². The fourth-order valence-electron chi connectivity index (χ4n) is 2.26. The molecule has 1 aromatic heterocycles. The van der Waals surface area contributed by atoms with Crippen molar-refractivity contribution in [1.82, 2.24) is 4.98 Å². The summed E-state index contributed by atoms with van der Waals surface area (Å²) >= 11 is 0. The van der Waals surface area contributed by atoms with Crippen LogP contribution in [0.4, 0.5) is 5.69 Å². The number of nitrogens with one attached hydrogen (secondary N) is 2. The third kappa shape index (κ3) is 2.60. The molecule has 1 amide bonds. The van der Waals surface area contributed by atoms with Crippen molar-refractivity contribution >= 4 is 22.5 Å². The van der Waals surface area contributed by atoms with Crippen LogP contribution < -0.4 is 10.1 Å². The van der Waals surface area contributed by atoms with Crippen molar-refractivity contribution in [2.45, 2.75) is 6.92 Å². The molecule has 0 radical (unpaired) electrons. The highest BCUT2D eigenvalue weighted by molar-refractivity contribution is 6.12. The van der Waals surface area contributed by atoms with Crippen molar-refractivity contribution in [3.05, 3.63) is 59.8 Å². The van der Waals surface area contributed by atoms with Crippen LogP contribution in [-0.2, 0) is 0 Å². The van der Waals surface area contributed by atoms with E-state index in [1.807, 2.05) is 49.4 Å². The lowest BCUT2D eigenvalue weighted by atomic mass is 10.1. The third-order valence-corrected chi connectivity index (χ3v) is 3.44. The molecule has 0 aliphatic heterocycles. The second kappa shape index (κ2) is 5.32. The number of carbonyl (C=O) groups is 1. The first-order valence-corrected chi connectivity index (χ1v) is 6.70. The van der Waals surface area contributed by atoms with E-state index in [9.17, 15) is 4.79 Å². The van der Waals surface area contributed by atoms with E-state index in [4.69, 9.17) is 4.74 Å². The Morgan fingerprint density at radius 3 is 2.62 bits per heavy atom. The SMILES string of the molecule is COc1ccc2c(C(=O)Nc3ccc(C)cc3)c[nH]c2c1. The number of H-pyrrole nitrogens is 1. The maximum Gasteiger partial charge on any atom is 0.257 e. The summed E-state index contributed by atoms with van der Waals surface area (Å²) in [5.41, 5.74) is 3.44. The maximum atomic E-state index is 12.4. The predicted molar refractivity (Wildman–Crippen MR) is 84.0 cm³/mol. The summed E-state index contributed by atoms with van der Waals surface area (Å²) in [6.45, 7) is 2.01. The number of anilines is 1. The highest BCUT2D eigenvalue weighted by atomic mass is 16.5. The number of amides is 1. The summed E-state index contributed by atoms with van der Waals surface area (Å²) in [5, 5.41) is 3.78. The Kier molecular flexibility index (Phi) is 3.36. The molecule has 0 bridgehead atoms. The average molecular weight is 280 g/mol. The Hall–Kier alpha value is -2.75. The Bertz CT molecular complexity index is 788. The van der Waals surface area contributed by atoms with E-state index in [1.54, 1.807) is 13.3 Å². The van der Waals surface area contributed by atoms with Crippen molar-refractivity contribution < 1.29 is 9.53 Å². The number of ether oxygens (including phenoxy) is 1. The van der Waals surface area contributed by atoms with E-state index in [1.165, 1.54) is 0 Å². The number of aromatic amines is 1. The van der Waals surface area contributed by atoms with Crippen LogP contribution in [0.15, 0.2) is 48.7 Å². The van der Waals surface area contributed by atoms with Gasteiger partial charge in [0.05, 0.1) is 12.7 Å². The zero-order chi connectivity index (χ0) is 14.8. The Balaban J connectivity index is 1.89. The fraction of sp³-hybridized carbons (Fsp3) is 0.118. The van der Waals surface area contributed by atoms with Gasteiger partial charge < -0.3 is 15.0 Å². The lowest BCUT2D eigenvalue weighted by Crippen LogP contribution is -2.11. The molecule has 21 heavy (non-hydrogen) atoms. The molecule has 0 aliphatic rings. The maximum absolute atomic E-state index is 12.4. The lowest BCUT2D eigenvalue weighted by molar-refractivity contribution is 0.102. The van der Waals surface area contributed by atoms with Crippen LogP contribution >= 0.6 is 0 Å². The normalized spacial score (nSPS) is 10.6. The smallest absolute Gasteiger partial charge is 0.257 e. The van der Waals surface area contributed by atoms with Gasteiger partial charge in [0.15, 0.2) is 0 Å². The number of fused-ring (bicyclic) bond motifs is 1. The standard InChI is InChI=1S/C17H16N2O2/c1-11-3-5-12(6-4-11)19-17(20)15-10-18-16-9-13(21-2)7-8-14(15)16/h3-10,18H,1-2H3,(H,19,20). The molecule has 0 fully saturated rings. The minimum absolute atomic E-state index is 0.129. The van der Waals surface area contributed by atoms with Gasteiger partial charge >= 0.3 is 0 Å². The molecule has 0 spiro atoms. The Morgan fingerprint density at radius 1 is 1.14 bits per heavy atom. The molecule has 106 valence electrons. The van der Waals surface area contributed by atoms with E-state index in [2.05, 4.69) is 10.3 Å². The van der Waals surface area contributed by atoms with Crippen molar-refractivity contribution in [3.8, 4) is 5.75 Å². The summed E-state index contributed by atoms with van der Waals surface area (Å²) < 4.78 is 5.18. The third-order valence-electron chi connectivity index (χ3n) is 3.44. The van der Waals surface area contributed by atoms with Crippen molar-refractivity contribution in [2.75, 3.05) is 12.4 Å². The molecular formula is C17H16N2O2. The van der Waals surface area contributed by atoms with Gasteiger partial charge in [-0.05, 0) is 31.2 Å². The number of hydrogen-bond donors (Lipinski definition) is 2. The molecule has 4 nitrogen and oxygen atoms in total. The van der Waals surface area contributed by atoms with E-state index in [-0.39, 0.29) is 5.91 Å². The topological polar surface area (TPSA) is 54.1 Å². The Labute approximate surface area is 122 Å². The first-order chi connectivity index (χ1) is 10.2. The zero-order valence-electron chi connectivity index (χ0n) is 11.9. The van der Waals surface area contributed by atoms with Gasteiger partial charge in [0.2, 0.25) is 0 Å². The van der Waals surface area contributed by atoms with E-state index in [0.29, 0.717) is 5.56 Å². The monoisotopic (exact) mass is 280 g/mol. The highest BCUT2D eigenvalue weighted by Crippen LogP contribution is 2.24. The number of hydrogen-bond acceptors (Lipinski definition) is 2. The minimum Gasteiger partial charge on any atom is -0.497 e. The minimum atomic E-state index is -0.129. The molecule has 2 aromatic carbocycles. The molecule has 3 aromatic rings. The van der Waals surface area contributed by atoms with Crippen LogP contribution in [0.5, 0.6) is 5.75 Å². The van der Waals surface area contributed by atoms with Gasteiger partial charge in [0.1, 0.15) is 5.75 Å². The summed E-state index contributed by atoms with van der Waals surface area (Å²) in [4.78, 5) is 15.5. The van der Waals surface area contributed by atoms with Crippen molar-refractivity contribution in [3.63, 3.8) is 0 Å². The van der Waals surface area contributed by atoms with E-state index >= 15 is 0 Å². The van der Waals surface area contributed by atoms with Crippen molar-refractivity contribution in [2.24, 2.45) is 0 Å². The number of aromatic nitrogens is 1. The molecule has 0 saturated heterocycles. The molecule has 0 atom stereocenters. The van der Waals surface area contributed by atoms with Gasteiger partial charge in [-0.2, -0.15) is 0 Å². The molecular weight excluding hydrogens is 264 g/mol. The molecule has 4 heteroatoms. The predicted octanol–water partition coefficient (Wildman–Crippen LogP) is 3.74. The summed E-state index contributed by atoms with van der Waals surface area (Å²) in [5.74, 6) is 0.630. The van der Waals surface area contributed by atoms with Gasteiger partial charge in [-0.25, -0.2) is 0 Å². The van der Waals surface area contributed by atoms with E-state index < -0.39 is 0 Å². The summed E-state index contributed by atoms with van der Waals surface area (Å²) in [6, 6.07) is 13.3. The fourth-order valence-corrected chi connectivity index (χ4v) is 2.26. The average Bonchev–Trinajstić information content (AvgIpc) is 2.92. The second-order valence-electron chi connectivity index (χ2n) is 4.93. The second-order valence-corrected chi connectivity index (χ2v) is 4.93. The quantitative estimate of drug-likeness (QED) is 0.768. The lowest BCUT2D eigenvalue weighted by Gasteiger charge is -2.05. The van der Waals surface area contributed by atoms with Crippen LogP contribution in [0.25, 0.3) is 10.9 Å². The van der Waals surface area contributed by atoms with Crippen LogP contribution in [0.1, 0.15) is 15.9 Å². The van der Waals surface area contributed by atoms with Crippen LogP contribution in [0, 0.1) is 6.92 Å². The highest BCUT2D eigenvalue weighted by Gasteiger charge is 2.12. The van der Waals surface area contributed by atoms with Crippen LogP contribution in [-0.4, -0.2) is 18.0 Å². The zero-order valence-corrected chi connectivity index (χ0v) is 11.9. The number of methoxy groups -OCH3 is 1. The molecule has 1 heterocycles. The number of rotatable bonds is 3. The van der Waals surface area contributed by atoms with Gasteiger partial charge in [0, 0.05) is 28.9 Å². The van der Waals surface area contributed by atoms with Crippen LogP contribution in [0.2, 0.25) is 0 Å². The van der Waals surface area contributed by atoms with Gasteiger partial charge in [-0.3, -0.25) is 4.79 Å².